The summed E-state index contributed by atoms with van der Waals surface area (Å²) in [6.07, 6.45) is 1.45. The van der Waals surface area contributed by atoms with E-state index < -0.39 is 0 Å². The van der Waals surface area contributed by atoms with E-state index >= 15 is 0 Å². The Morgan fingerprint density at radius 1 is 1.08 bits per heavy atom. The molecule has 0 saturated carbocycles. The summed E-state index contributed by atoms with van der Waals surface area (Å²) in [6.45, 7) is 4.41. The largest absolute Gasteiger partial charge is 0.484 e. The zero-order valence-electron chi connectivity index (χ0n) is 14.4. The Kier molecular flexibility index (Phi) is 5.21. The molecule has 2 saturated heterocycles. The van der Waals surface area contributed by atoms with Crippen LogP contribution in [0.1, 0.15) is 19.8 Å². The van der Waals surface area contributed by atoms with Crippen molar-refractivity contribution in [1.29, 1.82) is 0 Å². The molecule has 3 rings (SSSR count). The lowest BCUT2D eigenvalue weighted by atomic mass is 10.2. The van der Waals surface area contributed by atoms with Crippen LogP contribution in [0.15, 0.2) is 24.3 Å². The van der Waals surface area contributed by atoms with Gasteiger partial charge in [-0.3, -0.25) is 14.4 Å². The van der Waals surface area contributed by atoms with Gasteiger partial charge in [0.1, 0.15) is 5.75 Å². The van der Waals surface area contributed by atoms with E-state index in [4.69, 9.17) is 4.74 Å². The zero-order valence-corrected chi connectivity index (χ0v) is 14.4. The second-order valence-corrected chi connectivity index (χ2v) is 6.32. The molecule has 0 radical (unpaired) electrons. The molecule has 0 N–H and O–H groups in total. The number of rotatable bonds is 4. The molecule has 0 atom stereocenters. The molecule has 0 bridgehead atoms. The molecule has 7 nitrogen and oxygen atoms in total. The number of nitrogens with zero attached hydrogens (tertiary/aromatic N) is 3. The lowest BCUT2D eigenvalue weighted by molar-refractivity contribution is -0.139. The highest BCUT2D eigenvalue weighted by Crippen LogP contribution is 2.25. The number of carbonyl (C=O) groups excluding carboxylic acids is 3. The first-order valence-corrected chi connectivity index (χ1v) is 8.61. The third-order valence-corrected chi connectivity index (χ3v) is 4.64. The smallest absolute Gasteiger partial charge is 0.260 e. The fourth-order valence-electron chi connectivity index (χ4n) is 3.17. The minimum Gasteiger partial charge on any atom is -0.484 e. The van der Waals surface area contributed by atoms with Crippen molar-refractivity contribution in [2.45, 2.75) is 19.8 Å². The van der Waals surface area contributed by atoms with Gasteiger partial charge >= 0.3 is 0 Å². The molecule has 0 aromatic heterocycles. The predicted octanol–water partition coefficient (Wildman–Crippen LogP) is 0.883. The van der Waals surface area contributed by atoms with Crippen molar-refractivity contribution >= 4 is 23.4 Å². The molecule has 0 aliphatic carbocycles. The maximum atomic E-state index is 12.3. The van der Waals surface area contributed by atoms with Gasteiger partial charge in [-0.2, -0.15) is 0 Å². The van der Waals surface area contributed by atoms with Gasteiger partial charge in [-0.1, -0.05) is 6.07 Å². The van der Waals surface area contributed by atoms with E-state index in [0.717, 1.165) is 18.7 Å². The van der Waals surface area contributed by atoms with Crippen LogP contribution in [0, 0.1) is 0 Å². The average Bonchev–Trinajstić information content (AvgIpc) is 3.06. The van der Waals surface area contributed by atoms with Gasteiger partial charge in [-0.05, 0) is 18.6 Å². The molecule has 2 aliphatic heterocycles. The lowest BCUT2D eigenvalue weighted by Crippen LogP contribution is -2.51. The zero-order chi connectivity index (χ0) is 17.8. The molecule has 25 heavy (non-hydrogen) atoms. The van der Waals surface area contributed by atoms with Crippen molar-refractivity contribution in [3.63, 3.8) is 0 Å². The van der Waals surface area contributed by atoms with E-state index in [1.165, 1.54) is 0 Å². The Bertz CT molecular complexity index is 668. The number of anilines is 1. The van der Waals surface area contributed by atoms with E-state index in [1.54, 1.807) is 33.8 Å². The molecular weight excluding hydrogens is 322 g/mol. The first-order valence-electron chi connectivity index (χ1n) is 8.61. The summed E-state index contributed by atoms with van der Waals surface area (Å²) in [6, 6.07) is 7.28. The van der Waals surface area contributed by atoms with Crippen LogP contribution in [0.3, 0.4) is 0 Å². The van der Waals surface area contributed by atoms with E-state index in [-0.39, 0.29) is 24.3 Å². The van der Waals surface area contributed by atoms with Gasteiger partial charge in [0, 0.05) is 57.8 Å². The number of amides is 3. The van der Waals surface area contributed by atoms with Gasteiger partial charge in [0.15, 0.2) is 6.61 Å². The van der Waals surface area contributed by atoms with Crippen LogP contribution in [0.2, 0.25) is 0 Å². The van der Waals surface area contributed by atoms with E-state index in [1.807, 2.05) is 12.1 Å². The second-order valence-electron chi connectivity index (χ2n) is 6.32. The van der Waals surface area contributed by atoms with Crippen LogP contribution in [0.25, 0.3) is 0 Å². The van der Waals surface area contributed by atoms with Gasteiger partial charge in [0.2, 0.25) is 11.8 Å². The highest BCUT2D eigenvalue weighted by molar-refractivity contribution is 5.95. The van der Waals surface area contributed by atoms with Crippen LogP contribution in [0.5, 0.6) is 5.75 Å². The van der Waals surface area contributed by atoms with Gasteiger partial charge in [0.25, 0.3) is 5.91 Å². The lowest BCUT2D eigenvalue weighted by Gasteiger charge is -2.34. The van der Waals surface area contributed by atoms with Crippen LogP contribution in [0.4, 0.5) is 5.69 Å². The summed E-state index contributed by atoms with van der Waals surface area (Å²) < 4.78 is 5.62. The van der Waals surface area contributed by atoms with E-state index in [9.17, 15) is 14.4 Å². The standard InChI is InChI=1S/C18H23N3O4/c1-14(22)19-8-10-20(11-9-19)18(24)13-25-16-5-2-4-15(12-16)21-7-3-6-17(21)23/h2,4-5,12H,3,6-11,13H2,1H3. The van der Waals surface area contributed by atoms with Crippen molar-refractivity contribution in [2.75, 3.05) is 44.2 Å². The van der Waals surface area contributed by atoms with E-state index in [0.29, 0.717) is 38.3 Å². The quantitative estimate of drug-likeness (QED) is 0.812. The molecule has 1 aromatic rings. The summed E-state index contributed by atoms with van der Waals surface area (Å²) in [5, 5.41) is 0. The van der Waals surface area contributed by atoms with Crippen molar-refractivity contribution in [3.05, 3.63) is 24.3 Å². The van der Waals surface area contributed by atoms with Gasteiger partial charge in [-0.25, -0.2) is 0 Å². The van der Waals surface area contributed by atoms with Crippen LogP contribution < -0.4 is 9.64 Å². The molecule has 134 valence electrons. The normalized spacial score (nSPS) is 17.8. The van der Waals surface area contributed by atoms with Crippen LogP contribution in [-0.4, -0.2) is 66.9 Å². The SMILES string of the molecule is CC(=O)N1CCN(C(=O)COc2cccc(N3CCCC3=O)c2)CC1. The first kappa shape index (κ1) is 17.3. The van der Waals surface area contributed by atoms with Crippen molar-refractivity contribution < 1.29 is 19.1 Å². The highest BCUT2D eigenvalue weighted by Gasteiger charge is 2.23. The number of piperazine rings is 1. The molecule has 0 spiro atoms. The molecule has 2 aliphatic rings. The number of hydrogen-bond acceptors (Lipinski definition) is 4. The Morgan fingerprint density at radius 3 is 2.44 bits per heavy atom. The highest BCUT2D eigenvalue weighted by atomic mass is 16.5. The molecular formula is C18H23N3O4. The third kappa shape index (κ3) is 4.10. The number of benzene rings is 1. The maximum Gasteiger partial charge on any atom is 0.260 e. The topological polar surface area (TPSA) is 70.2 Å². The first-order chi connectivity index (χ1) is 12.0. The van der Waals surface area contributed by atoms with Gasteiger partial charge in [-0.15, -0.1) is 0 Å². The second kappa shape index (κ2) is 7.55. The maximum absolute atomic E-state index is 12.3. The minimum absolute atomic E-state index is 0.0385. The van der Waals surface area contributed by atoms with Crippen LogP contribution >= 0.6 is 0 Å². The Labute approximate surface area is 147 Å². The van der Waals surface area contributed by atoms with Gasteiger partial charge < -0.3 is 19.4 Å². The number of ether oxygens (including phenoxy) is 1. The summed E-state index contributed by atoms with van der Waals surface area (Å²) >= 11 is 0. The predicted molar refractivity (Wildman–Crippen MR) is 92.4 cm³/mol. The average molecular weight is 345 g/mol. The molecule has 2 fully saturated rings. The summed E-state index contributed by atoms with van der Waals surface area (Å²) in [4.78, 5) is 40.6. The summed E-state index contributed by atoms with van der Waals surface area (Å²) in [7, 11) is 0. The summed E-state index contributed by atoms with van der Waals surface area (Å²) in [5.74, 6) is 0.645. The monoisotopic (exact) mass is 345 g/mol. The van der Waals surface area contributed by atoms with Crippen LogP contribution in [-0.2, 0) is 14.4 Å². The number of carbonyl (C=O) groups is 3. The Hall–Kier alpha value is -2.57. The molecule has 0 unspecified atom stereocenters. The minimum atomic E-state index is -0.0918. The fourth-order valence-corrected chi connectivity index (χ4v) is 3.17. The summed E-state index contributed by atoms with van der Waals surface area (Å²) in [5.41, 5.74) is 0.808. The molecule has 2 heterocycles. The van der Waals surface area contributed by atoms with Gasteiger partial charge in [0.05, 0.1) is 0 Å². The van der Waals surface area contributed by atoms with E-state index in [2.05, 4.69) is 0 Å². The third-order valence-electron chi connectivity index (χ3n) is 4.64. The molecule has 7 heteroatoms. The number of hydrogen-bond donors (Lipinski definition) is 0. The van der Waals surface area contributed by atoms with Crippen molar-refractivity contribution in [1.82, 2.24) is 9.80 Å². The molecule has 1 aromatic carbocycles. The fraction of sp³-hybridized carbons (Fsp3) is 0.500. The van der Waals surface area contributed by atoms with Crippen molar-refractivity contribution in [3.8, 4) is 5.75 Å². The molecule has 3 amide bonds. The Balaban J connectivity index is 1.52. The Morgan fingerprint density at radius 2 is 1.80 bits per heavy atom. The van der Waals surface area contributed by atoms with Crippen molar-refractivity contribution in [2.24, 2.45) is 0 Å².